The molecule has 126 valence electrons. The molecule has 0 unspecified atom stereocenters. The van der Waals surface area contributed by atoms with Crippen LogP contribution in [0.1, 0.15) is 27.7 Å². The van der Waals surface area contributed by atoms with Gasteiger partial charge in [0.1, 0.15) is 5.82 Å². The Morgan fingerprint density at radius 3 is 2.26 bits per heavy atom. The van der Waals surface area contributed by atoms with Crippen LogP contribution in [0.4, 0.5) is 5.82 Å². The Balaban J connectivity index is 1.74. The summed E-state index contributed by atoms with van der Waals surface area (Å²) in [6, 6.07) is 4.10. The van der Waals surface area contributed by atoms with Crippen LogP contribution in [0.5, 0.6) is 0 Å². The average molecular weight is 335 g/mol. The van der Waals surface area contributed by atoms with Gasteiger partial charge in [-0.2, -0.15) is 0 Å². The van der Waals surface area contributed by atoms with Gasteiger partial charge in [0, 0.05) is 32.4 Å². The summed E-state index contributed by atoms with van der Waals surface area (Å²) < 4.78 is 14.7. The van der Waals surface area contributed by atoms with Crippen LogP contribution in [-0.2, 0) is 9.31 Å². The van der Waals surface area contributed by atoms with E-state index in [2.05, 4.69) is 54.2 Å². The van der Waals surface area contributed by atoms with E-state index >= 15 is 0 Å². The molecule has 2 aliphatic rings. The molecule has 0 atom stereocenters. The highest BCUT2D eigenvalue weighted by Crippen LogP contribution is 2.36. The van der Waals surface area contributed by atoms with E-state index in [0.717, 1.165) is 37.5 Å². The van der Waals surface area contributed by atoms with Crippen LogP contribution >= 0.6 is 11.9 Å². The van der Waals surface area contributed by atoms with Gasteiger partial charge >= 0.3 is 7.12 Å². The minimum Gasteiger partial charge on any atom is -0.399 e. The molecule has 0 spiro atoms. The lowest BCUT2D eigenvalue weighted by atomic mass is 9.79. The Labute approximate surface area is 144 Å². The zero-order valence-corrected chi connectivity index (χ0v) is 15.5. The molecule has 1 aromatic rings. The number of anilines is 1. The van der Waals surface area contributed by atoms with Crippen molar-refractivity contribution in [1.82, 2.24) is 9.29 Å². The van der Waals surface area contributed by atoms with E-state index in [4.69, 9.17) is 9.31 Å². The fourth-order valence-electron chi connectivity index (χ4n) is 2.83. The zero-order chi connectivity index (χ0) is 16.7. The minimum absolute atomic E-state index is 0.314. The standard InChI is InChI=1S/C16H26BN3O2S/c1-15(2)16(3,4)22-17(21-15)13-6-7-18-14(12-13)19-8-10-20(23-5)11-9-19/h6-7,12H,8-11H2,1-5H3. The number of hydrogen-bond donors (Lipinski definition) is 0. The molecule has 3 rings (SSSR count). The molecule has 3 heterocycles. The molecule has 23 heavy (non-hydrogen) atoms. The average Bonchev–Trinajstić information content (AvgIpc) is 2.76. The van der Waals surface area contributed by atoms with E-state index in [9.17, 15) is 0 Å². The summed E-state index contributed by atoms with van der Waals surface area (Å²) in [6.45, 7) is 12.4. The lowest BCUT2D eigenvalue weighted by molar-refractivity contribution is 0.00578. The molecule has 0 amide bonds. The van der Waals surface area contributed by atoms with E-state index < -0.39 is 0 Å². The fourth-order valence-corrected chi connectivity index (χ4v) is 3.36. The van der Waals surface area contributed by atoms with Crippen LogP contribution in [0.3, 0.4) is 0 Å². The molecule has 0 bridgehead atoms. The Bertz CT molecular complexity index is 546. The van der Waals surface area contributed by atoms with Gasteiger partial charge in [-0.05, 0) is 51.5 Å². The van der Waals surface area contributed by atoms with Crippen molar-refractivity contribution in [3.05, 3.63) is 18.3 Å². The molecule has 5 nitrogen and oxygen atoms in total. The molecule has 0 N–H and O–H groups in total. The molecule has 2 aliphatic heterocycles. The van der Waals surface area contributed by atoms with Gasteiger partial charge in [-0.25, -0.2) is 9.29 Å². The number of nitrogens with zero attached hydrogens (tertiary/aromatic N) is 3. The Morgan fingerprint density at radius 1 is 1.09 bits per heavy atom. The maximum absolute atomic E-state index is 6.15. The van der Waals surface area contributed by atoms with Crippen molar-refractivity contribution in [1.29, 1.82) is 0 Å². The number of piperazine rings is 1. The monoisotopic (exact) mass is 335 g/mol. The molecular weight excluding hydrogens is 309 g/mol. The Kier molecular flexibility index (Phi) is 4.66. The molecule has 0 aromatic carbocycles. The summed E-state index contributed by atoms with van der Waals surface area (Å²) in [5, 5.41) is 0. The first-order chi connectivity index (χ1) is 10.8. The van der Waals surface area contributed by atoms with E-state index in [1.54, 1.807) is 0 Å². The summed E-state index contributed by atoms with van der Waals surface area (Å²) in [4.78, 5) is 6.88. The van der Waals surface area contributed by atoms with Gasteiger partial charge in [0.15, 0.2) is 0 Å². The Hall–Kier alpha value is -0.755. The molecule has 2 fully saturated rings. The van der Waals surface area contributed by atoms with Gasteiger partial charge in [0.25, 0.3) is 0 Å². The predicted octanol–water partition coefficient (Wildman–Crippen LogP) is 1.78. The minimum atomic E-state index is -0.325. The van der Waals surface area contributed by atoms with Crippen LogP contribution in [0.2, 0.25) is 0 Å². The molecule has 0 aliphatic carbocycles. The van der Waals surface area contributed by atoms with Gasteiger partial charge in [-0.3, -0.25) is 0 Å². The van der Waals surface area contributed by atoms with Crippen molar-refractivity contribution in [3.63, 3.8) is 0 Å². The topological polar surface area (TPSA) is 37.8 Å². The second-order valence-electron chi connectivity index (χ2n) is 7.13. The zero-order valence-electron chi connectivity index (χ0n) is 14.7. The third-order valence-corrected chi connectivity index (χ3v) is 6.00. The van der Waals surface area contributed by atoms with Gasteiger partial charge in [0.2, 0.25) is 0 Å². The quantitative estimate of drug-likeness (QED) is 0.619. The molecule has 0 radical (unpaired) electrons. The van der Waals surface area contributed by atoms with E-state index in [0.29, 0.717) is 0 Å². The molecule has 2 saturated heterocycles. The van der Waals surface area contributed by atoms with Gasteiger partial charge in [0.05, 0.1) is 11.2 Å². The van der Waals surface area contributed by atoms with Crippen molar-refractivity contribution in [3.8, 4) is 0 Å². The van der Waals surface area contributed by atoms with E-state index in [-0.39, 0.29) is 18.3 Å². The molecule has 0 saturated carbocycles. The van der Waals surface area contributed by atoms with Gasteiger partial charge in [-0.15, -0.1) is 0 Å². The third-order valence-electron chi connectivity index (χ3n) is 5.12. The number of hydrogen-bond acceptors (Lipinski definition) is 6. The van der Waals surface area contributed by atoms with Gasteiger partial charge < -0.3 is 14.2 Å². The van der Waals surface area contributed by atoms with Crippen LogP contribution in [0, 0.1) is 0 Å². The largest absolute Gasteiger partial charge is 0.495 e. The number of aromatic nitrogens is 1. The van der Waals surface area contributed by atoms with Crippen LogP contribution in [0.25, 0.3) is 0 Å². The molecule has 7 heteroatoms. The Morgan fingerprint density at radius 2 is 1.70 bits per heavy atom. The van der Waals surface area contributed by atoms with Crippen molar-refractivity contribution in [2.45, 2.75) is 38.9 Å². The summed E-state index contributed by atoms with van der Waals surface area (Å²) >= 11 is 1.81. The first kappa shape index (κ1) is 17.1. The number of pyridine rings is 1. The highest BCUT2D eigenvalue weighted by atomic mass is 32.2. The van der Waals surface area contributed by atoms with Crippen LogP contribution in [-0.4, -0.2) is 60.0 Å². The maximum atomic E-state index is 6.15. The van der Waals surface area contributed by atoms with Crippen molar-refractivity contribution < 1.29 is 9.31 Å². The van der Waals surface area contributed by atoms with Crippen LogP contribution in [0.15, 0.2) is 18.3 Å². The second kappa shape index (κ2) is 6.28. The summed E-state index contributed by atoms with van der Waals surface area (Å²) in [6.07, 6.45) is 3.99. The fraction of sp³-hybridized carbons (Fsp3) is 0.688. The SMILES string of the molecule is CSN1CCN(c2cc(B3OC(C)(C)C(C)(C)O3)ccn2)CC1. The summed E-state index contributed by atoms with van der Waals surface area (Å²) in [5.74, 6) is 1.01. The maximum Gasteiger partial charge on any atom is 0.495 e. The normalized spacial score (nSPS) is 24.2. The highest BCUT2D eigenvalue weighted by Gasteiger charge is 2.51. The van der Waals surface area contributed by atoms with Crippen molar-refractivity contribution >= 4 is 30.3 Å². The van der Waals surface area contributed by atoms with E-state index in [1.165, 1.54) is 0 Å². The lowest BCUT2D eigenvalue weighted by Gasteiger charge is -2.34. The summed E-state index contributed by atoms with van der Waals surface area (Å²) in [7, 11) is -0.325. The summed E-state index contributed by atoms with van der Waals surface area (Å²) in [5.41, 5.74) is 0.414. The third kappa shape index (κ3) is 3.38. The van der Waals surface area contributed by atoms with Gasteiger partial charge in [-0.1, -0.05) is 11.9 Å². The van der Waals surface area contributed by atoms with Crippen molar-refractivity contribution in [2.75, 3.05) is 37.3 Å². The second-order valence-corrected chi connectivity index (χ2v) is 8.02. The van der Waals surface area contributed by atoms with Crippen molar-refractivity contribution in [2.24, 2.45) is 0 Å². The van der Waals surface area contributed by atoms with Crippen LogP contribution < -0.4 is 10.4 Å². The molecule has 1 aromatic heterocycles. The number of rotatable bonds is 3. The lowest BCUT2D eigenvalue weighted by Crippen LogP contribution is -2.44. The molecular formula is C16H26BN3O2S. The smallest absolute Gasteiger partial charge is 0.399 e. The first-order valence-corrected chi connectivity index (χ1v) is 9.36. The van der Waals surface area contributed by atoms with E-state index in [1.807, 2.05) is 24.2 Å². The first-order valence-electron chi connectivity index (χ1n) is 8.18. The highest BCUT2D eigenvalue weighted by molar-refractivity contribution is 7.96. The predicted molar refractivity (Wildman–Crippen MR) is 97.3 cm³/mol.